The van der Waals surface area contributed by atoms with Crippen LogP contribution in [-0.2, 0) is 14.3 Å². The van der Waals surface area contributed by atoms with Crippen molar-refractivity contribution < 1.29 is 18.7 Å². The van der Waals surface area contributed by atoms with Crippen LogP contribution >= 0.6 is 0 Å². The number of halogens is 1. The van der Waals surface area contributed by atoms with Crippen molar-refractivity contribution in [2.45, 2.75) is 18.8 Å². The third-order valence-electron chi connectivity index (χ3n) is 2.46. The Morgan fingerprint density at radius 2 is 2.11 bits per heavy atom. The van der Waals surface area contributed by atoms with Gasteiger partial charge in [-0.05, 0) is 18.2 Å². The van der Waals surface area contributed by atoms with Crippen LogP contribution in [0.25, 0.3) is 0 Å². The zero-order valence-electron chi connectivity index (χ0n) is 10.4. The molecule has 1 rings (SSSR count). The van der Waals surface area contributed by atoms with Gasteiger partial charge in [-0.1, -0.05) is 6.07 Å². The fourth-order valence-corrected chi connectivity index (χ4v) is 1.51. The topological polar surface area (TPSA) is 73.6 Å². The summed E-state index contributed by atoms with van der Waals surface area (Å²) in [6, 6.07) is 5.09. The number of rotatable bonds is 7. The predicted octanol–water partition coefficient (Wildman–Crippen LogP) is 1.10. The predicted molar refractivity (Wildman–Crippen MR) is 65.4 cm³/mol. The van der Waals surface area contributed by atoms with E-state index in [4.69, 9.17) is 15.2 Å². The highest BCUT2D eigenvalue weighted by molar-refractivity contribution is 5.82. The highest BCUT2D eigenvalue weighted by atomic mass is 19.1. The number of anilines is 1. The largest absolute Gasteiger partial charge is 0.373 e. The number of ether oxygens (including phenoxy) is 2. The molecule has 0 saturated heterocycles. The molecule has 1 atom stereocenters. The van der Waals surface area contributed by atoms with Crippen molar-refractivity contribution in [1.82, 2.24) is 0 Å². The van der Waals surface area contributed by atoms with Crippen LogP contribution in [-0.4, -0.2) is 32.5 Å². The molecule has 0 heterocycles. The normalized spacial score (nSPS) is 12.4. The molecule has 0 spiro atoms. The van der Waals surface area contributed by atoms with E-state index in [2.05, 4.69) is 5.32 Å². The van der Waals surface area contributed by atoms with E-state index in [0.717, 1.165) is 0 Å². The number of carbonyl (C=O) groups excluding carboxylic acids is 1. The summed E-state index contributed by atoms with van der Waals surface area (Å²) in [6.07, 6.45) is -0.317. The molecule has 0 aliphatic heterocycles. The molecule has 0 aromatic heterocycles. The highest BCUT2D eigenvalue weighted by Crippen LogP contribution is 2.13. The van der Waals surface area contributed by atoms with Gasteiger partial charge in [0, 0.05) is 26.3 Å². The van der Waals surface area contributed by atoms with Gasteiger partial charge in [-0.3, -0.25) is 4.79 Å². The molecular weight excluding hydrogens is 239 g/mol. The van der Waals surface area contributed by atoms with Gasteiger partial charge >= 0.3 is 0 Å². The van der Waals surface area contributed by atoms with Crippen molar-refractivity contribution in [3.05, 3.63) is 30.1 Å². The summed E-state index contributed by atoms with van der Waals surface area (Å²) in [5.74, 6) is -0.948. The zero-order chi connectivity index (χ0) is 13.5. The second-order valence-corrected chi connectivity index (χ2v) is 3.75. The van der Waals surface area contributed by atoms with Crippen LogP contribution in [0.2, 0.25) is 0 Å². The van der Waals surface area contributed by atoms with Gasteiger partial charge < -0.3 is 20.5 Å². The van der Waals surface area contributed by atoms with Crippen LogP contribution in [0.15, 0.2) is 24.3 Å². The van der Waals surface area contributed by atoms with Crippen molar-refractivity contribution in [2.75, 3.05) is 19.5 Å². The van der Waals surface area contributed by atoms with Crippen LogP contribution in [0, 0.1) is 5.82 Å². The van der Waals surface area contributed by atoms with E-state index in [-0.39, 0.29) is 6.42 Å². The Hall–Kier alpha value is -1.66. The summed E-state index contributed by atoms with van der Waals surface area (Å²) in [5, 5.41) is 2.84. The Labute approximate surface area is 105 Å². The average molecular weight is 256 g/mol. The van der Waals surface area contributed by atoms with Gasteiger partial charge in [0.05, 0.1) is 0 Å². The minimum Gasteiger partial charge on any atom is -0.373 e. The maximum absolute atomic E-state index is 13.0. The van der Waals surface area contributed by atoms with Gasteiger partial charge in [0.15, 0.2) is 6.29 Å². The molecule has 0 aliphatic rings. The fourth-order valence-electron chi connectivity index (χ4n) is 1.51. The third-order valence-corrected chi connectivity index (χ3v) is 2.46. The summed E-state index contributed by atoms with van der Waals surface area (Å²) >= 11 is 0. The standard InChI is InChI=1S/C12H17FN2O3/c1-17-11(18-2)7-10(12(14)16)15-9-5-3-4-8(13)6-9/h3-6,10-11,15H,7H2,1-2H3,(H2,14,16). The first-order valence-electron chi connectivity index (χ1n) is 5.43. The number of nitrogens with two attached hydrogens (primary N) is 1. The number of benzene rings is 1. The van der Waals surface area contributed by atoms with E-state index in [0.29, 0.717) is 5.69 Å². The monoisotopic (exact) mass is 256 g/mol. The Kier molecular flexibility index (Phi) is 5.54. The molecule has 1 unspecified atom stereocenters. The van der Waals surface area contributed by atoms with E-state index in [1.165, 1.54) is 26.4 Å². The fraction of sp³-hybridized carbons (Fsp3) is 0.417. The van der Waals surface area contributed by atoms with Crippen LogP contribution in [0.3, 0.4) is 0 Å². The molecule has 0 fully saturated rings. The number of nitrogens with one attached hydrogen (secondary N) is 1. The molecule has 100 valence electrons. The smallest absolute Gasteiger partial charge is 0.240 e. The lowest BCUT2D eigenvalue weighted by Gasteiger charge is -2.21. The molecule has 1 aromatic carbocycles. The number of primary amides is 1. The molecule has 1 aromatic rings. The molecule has 0 aliphatic carbocycles. The van der Waals surface area contributed by atoms with Gasteiger partial charge in [-0.2, -0.15) is 0 Å². The van der Waals surface area contributed by atoms with Crippen molar-refractivity contribution in [2.24, 2.45) is 5.73 Å². The summed E-state index contributed by atoms with van der Waals surface area (Å²) in [5.41, 5.74) is 5.75. The number of hydrogen-bond acceptors (Lipinski definition) is 4. The van der Waals surface area contributed by atoms with E-state index >= 15 is 0 Å². The first kappa shape index (κ1) is 14.4. The zero-order valence-corrected chi connectivity index (χ0v) is 10.4. The lowest BCUT2D eigenvalue weighted by Crippen LogP contribution is -2.39. The maximum atomic E-state index is 13.0. The molecule has 0 saturated carbocycles. The Balaban J connectivity index is 2.71. The molecular formula is C12H17FN2O3. The van der Waals surface area contributed by atoms with E-state index in [1.54, 1.807) is 12.1 Å². The van der Waals surface area contributed by atoms with Gasteiger partial charge in [0.1, 0.15) is 11.9 Å². The van der Waals surface area contributed by atoms with Gasteiger partial charge in [0.25, 0.3) is 0 Å². The Morgan fingerprint density at radius 1 is 1.44 bits per heavy atom. The lowest BCUT2D eigenvalue weighted by atomic mass is 10.1. The molecule has 0 bridgehead atoms. The van der Waals surface area contributed by atoms with Crippen LogP contribution in [0.5, 0.6) is 0 Å². The van der Waals surface area contributed by atoms with E-state index in [1.807, 2.05) is 0 Å². The minimum absolute atomic E-state index is 0.235. The number of hydrogen-bond donors (Lipinski definition) is 2. The molecule has 18 heavy (non-hydrogen) atoms. The number of methoxy groups -OCH3 is 2. The summed E-state index contributed by atoms with van der Waals surface area (Å²) in [7, 11) is 2.93. The van der Waals surface area contributed by atoms with Gasteiger partial charge in [0.2, 0.25) is 5.91 Å². The first-order valence-corrected chi connectivity index (χ1v) is 5.43. The summed E-state index contributed by atoms with van der Waals surface area (Å²) in [6.45, 7) is 0. The highest BCUT2D eigenvalue weighted by Gasteiger charge is 2.20. The van der Waals surface area contributed by atoms with Crippen molar-refractivity contribution in [1.29, 1.82) is 0 Å². The van der Waals surface area contributed by atoms with Crippen molar-refractivity contribution in [3.8, 4) is 0 Å². The number of carbonyl (C=O) groups is 1. The summed E-state index contributed by atoms with van der Waals surface area (Å²) in [4.78, 5) is 11.3. The number of amides is 1. The van der Waals surface area contributed by atoms with Crippen LogP contribution in [0.1, 0.15) is 6.42 Å². The van der Waals surface area contributed by atoms with Gasteiger partial charge in [-0.25, -0.2) is 4.39 Å². The molecule has 3 N–H and O–H groups in total. The molecule has 0 radical (unpaired) electrons. The average Bonchev–Trinajstić information content (AvgIpc) is 2.34. The maximum Gasteiger partial charge on any atom is 0.240 e. The SMILES string of the molecule is COC(CC(Nc1cccc(F)c1)C(N)=O)OC. The van der Waals surface area contributed by atoms with Crippen molar-refractivity contribution >= 4 is 11.6 Å². The Morgan fingerprint density at radius 3 is 2.61 bits per heavy atom. The molecule has 1 amide bonds. The van der Waals surface area contributed by atoms with Crippen molar-refractivity contribution in [3.63, 3.8) is 0 Å². The second kappa shape index (κ2) is 6.93. The molecule has 6 heteroatoms. The molecule has 5 nitrogen and oxygen atoms in total. The first-order chi connectivity index (χ1) is 8.56. The van der Waals surface area contributed by atoms with Crippen LogP contribution in [0.4, 0.5) is 10.1 Å². The third kappa shape index (κ3) is 4.31. The minimum atomic E-state index is -0.698. The van der Waals surface area contributed by atoms with E-state index in [9.17, 15) is 9.18 Å². The Bertz CT molecular complexity index is 397. The second-order valence-electron chi connectivity index (χ2n) is 3.75. The van der Waals surface area contributed by atoms with Gasteiger partial charge in [-0.15, -0.1) is 0 Å². The summed E-state index contributed by atoms with van der Waals surface area (Å²) < 4.78 is 23.0. The van der Waals surface area contributed by atoms with Crippen LogP contribution < -0.4 is 11.1 Å². The lowest BCUT2D eigenvalue weighted by molar-refractivity contribution is -0.127. The quantitative estimate of drug-likeness (QED) is 0.716. The van der Waals surface area contributed by atoms with E-state index < -0.39 is 24.1 Å².